The van der Waals surface area contributed by atoms with E-state index in [0.29, 0.717) is 5.82 Å². The highest BCUT2D eigenvalue weighted by molar-refractivity contribution is 7.89. The van der Waals surface area contributed by atoms with Gasteiger partial charge in [0.25, 0.3) is 0 Å². The highest BCUT2D eigenvalue weighted by atomic mass is 32.2. The monoisotopic (exact) mass is 376 g/mol. The molecule has 1 aromatic heterocycles. The minimum atomic E-state index is -3.86. The van der Waals surface area contributed by atoms with Crippen molar-refractivity contribution in [3.05, 3.63) is 70.9 Å². The van der Waals surface area contributed by atoms with Gasteiger partial charge in [0.2, 0.25) is 10.0 Å². The molecular weight excluding hydrogens is 359 g/mol. The Morgan fingerprint density at radius 2 is 1.85 bits per heavy atom. The molecule has 0 fully saturated rings. The van der Waals surface area contributed by atoms with E-state index < -0.39 is 15.8 Å². The summed E-state index contributed by atoms with van der Waals surface area (Å²) < 4.78 is 42.5. The Hall–Kier alpha value is -2.78. The number of rotatable bonds is 6. The highest BCUT2D eigenvalue weighted by Gasteiger charge is 2.16. The van der Waals surface area contributed by atoms with Gasteiger partial charge in [-0.05, 0) is 18.2 Å². The van der Waals surface area contributed by atoms with Crippen LogP contribution in [-0.2, 0) is 23.6 Å². The number of halogens is 1. The van der Waals surface area contributed by atoms with Crippen molar-refractivity contribution in [1.82, 2.24) is 19.1 Å². The number of hydrogen-bond acceptors (Lipinski definition) is 4. The number of benzene rings is 2. The lowest BCUT2D eigenvalue weighted by atomic mass is 10.2. The van der Waals surface area contributed by atoms with Crippen LogP contribution in [-0.4, -0.2) is 29.3 Å². The van der Waals surface area contributed by atoms with Gasteiger partial charge in [0.05, 0.1) is 11.4 Å². The summed E-state index contributed by atoms with van der Waals surface area (Å²) in [6, 6.07) is 13.9. The zero-order chi connectivity index (χ0) is 18.7. The molecule has 0 aliphatic rings. The first-order chi connectivity index (χ1) is 12.4. The van der Waals surface area contributed by atoms with Crippen molar-refractivity contribution in [2.75, 3.05) is 6.54 Å². The van der Waals surface area contributed by atoms with E-state index in [1.165, 1.54) is 21.4 Å². The average Bonchev–Trinajstić information content (AvgIpc) is 2.91. The molecule has 3 aromatic rings. The van der Waals surface area contributed by atoms with Gasteiger partial charge >= 0.3 is 5.69 Å². The minimum absolute atomic E-state index is 0.0497. The summed E-state index contributed by atoms with van der Waals surface area (Å²) in [5.74, 6) is -0.148. The molecule has 1 N–H and O–H groups in total. The number of hydrogen-bond donors (Lipinski definition) is 1. The summed E-state index contributed by atoms with van der Waals surface area (Å²) in [6.45, 7) is -0.00194. The summed E-state index contributed by atoms with van der Waals surface area (Å²) >= 11 is 0. The number of nitrogens with zero attached hydrogens (tertiary/aromatic N) is 3. The first-order valence-corrected chi connectivity index (χ1v) is 9.31. The molecule has 1 heterocycles. The van der Waals surface area contributed by atoms with Gasteiger partial charge in [-0.15, -0.1) is 5.10 Å². The molecule has 0 aliphatic heterocycles. The van der Waals surface area contributed by atoms with Gasteiger partial charge in [-0.25, -0.2) is 27.0 Å². The van der Waals surface area contributed by atoms with Gasteiger partial charge in [-0.1, -0.05) is 36.4 Å². The van der Waals surface area contributed by atoms with Gasteiger partial charge in [0, 0.05) is 19.2 Å². The van der Waals surface area contributed by atoms with E-state index in [9.17, 15) is 17.6 Å². The fourth-order valence-corrected chi connectivity index (χ4v) is 3.53. The maximum atomic E-state index is 13.2. The normalized spacial score (nSPS) is 11.6. The maximum Gasteiger partial charge on any atom is 0.345 e. The maximum absolute atomic E-state index is 13.2. The van der Waals surface area contributed by atoms with Crippen molar-refractivity contribution in [2.24, 2.45) is 7.05 Å². The number of nitrogens with one attached hydrogen (secondary N) is 1. The third kappa shape index (κ3) is 3.73. The summed E-state index contributed by atoms with van der Waals surface area (Å²) in [7, 11) is -2.26. The van der Waals surface area contributed by atoms with Crippen molar-refractivity contribution >= 4 is 10.0 Å². The van der Waals surface area contributed by atoms with Crippen LogP contribution in [0.25, 0.3) is 11.4 Å². The van der Waals surface area contributed by atoms with Gasteiger partial charge in [0.15, 0.2) is 5.82 Å². The van der Waals surface area contributed by atoms with E-state index in [0.717, 1.165) is 17.7 Å². The smallest absolute Gasteiger partial charge is 0.278 e. The average molecular weight is 376 g/mol. The SMILES string of the molecule is Cn1c(-c2ccccc2)nn(CCNS(=O)(=O)c2cccc(F)c2)c1=O. The highest BCUT2D eigenvalue weighted by Crippen LogP contribution is 2.14. The van der Waals surface area contributed by atoms with Crippen molar-refractivity contribution in [3.63, 3.8) is 0 Å². The largest absolute Gasteiger partial charge is 0.345 e. The molecule has 0 amide bonds. The summed E-state index contributed by atoms with van der Waals surface area (Å²) in [5.41, 5.74) is 0.431. The van der Waals surface area contributed by atoms with Crippen LogP contribution in [0.4, 0.5) is 4.39 Å². The summed E-state index contributed by atoms with van der Waals surface area (Å²) in [5, 5.41) is 4.26. The van der Waals surface area contributed by atoms with E-state index in [4.69, 9.17) is 0 Å². The van der Waals surface area contributed by atoms with Crippen molar-refractivity contribution in [3.8, 4) is 11.4 Å². The Kier molecular flexibility index (Phi) is 5.01. The number of aromatic nitrogens is 3. The molecular formula is C17H17FN4O3S. The van der Waals surface area contributed by atoms with Crippen LogP contribution in [0.2, 0.25) is 0 Å². The summed E-state index contributed by atoms with van der Waals surface area (Å²) in [4.78, 5) is 12.1. The second-order valence-electron chi connectivity index (χ2n) is 5.61. The Bertz CT molecular complexity index is 1070. The van der Waals surface area contributed by atoms with Crippen molar-refractivity contribution < 1.29 is 12.8 Å². The van der Waals surface area contributed by atoms with E-state index >= 15 is 0 Å². The molecule has 0 spiro atoms. The fraction of sp³-hybridized carbons (Fsp3) is 0.176. The molecule has 0 aliphatic carbocycles. The van der Waals surface area contributed by atoms with Crippen LogP contribution < -0.4 is 10.4 Å². The topological polar surface area (TPSA) is 86.0 Å². The molecule has 0 bridgehead atoms. The van der Waals surface area contributed by atoms with E-state index in [-0.39, 0.29) is 23.7 Å². The molecule has 0 atom stereocenters. The van der Waals surface area contributed by atoms with Crippen LogP contribution in [0.3, 0.4) is 0 Å². The van der Waals surface area contributed by atoms with Gasteiger partial charge in [-0.2, -0.15) is 0 Å². The van der Waals surface area contributed by atoms with Gasteiger partial charge in [-0.3, -0.25) is 4.57 Å². The minimum Gasteiger partial charge on any atom is -0.278 e. The molecule has 2 aromatic carbocycles. The quantitative estimate of drug-likeness (QED) is 0.704. The Balaban J connectivity index is 1.74. The molecule has 0 radical (unpaired) electrons. The second-order valence-corrected chi connectivity index (χ2v) is 7.38. The Morgan fingerprint density at radius 3 is 2.54 bits per heavy atom. The molecule has 9 heteroatoms. The zero-order valence-corrected chi connectivity index (χ0v) is 14.8. The molecule has 0 saturated heterocycles. The first-order valence-electron chi connectivity index (χ1n) is 7.83. The predicted molar refractivity (Wildman–Crippen MR) is 94.5 cm³/mol. The van der Waals surface area contributed by atoms with Crippen LogP contribution in [0.1, 0.15) is 0 Å². The van der Waals surface area contributed by atoms with Crippen LogP contribution in [0, 0.1) is 5.82 Å². The number of sulfonamides is 1. The Morgan fingerprint density at radius 1 is 1.12 bits per heavy atom. The Labute approximate surface area is 149 Å². The van der Waals surface area contributed by atoms with Crippen LogP contribution >= 0.6 is 0 Å². The molecule has 26 heavy (non-hydrogen) atoms. The second kappa shape index (κ2) is 7.22. The van der Waals surface area contributed by atoms with Crippen LogP contribution in [0.15, 0.2) is 64.3 Å². The molecule has 7 nitrogen and oxygen atoms in total. The van der Waals surface area contributed by atoms with E-state index in [1.54, 1.807) is 7.05 Å². The van der Waals surface area contributed by atoms with Gasteiger partial charge in [0.1, 0.15) is 5.82 Å². The molecule has 136 valence electrons. The molecule has 0 unspecified atom stereocenters. The van der Waals surface area contributed by atoms with Crippen molar-refractivity contribution in [1.29, 1.82) is 0 Å². The van der Waals surface area contributed by atoms with E-state index in [1.807, 2.05) is 30.3 Å². The zero-order valence-electron chi connectivity index (χ0n) is 14.0. The first kappa shape index (κ1) is 18.0. The third-order valence-electron chi connectivity index (χ3n) is 3.79. The van der Waals surface area contributed by atoms with Gasteiger partial charge < -0.3 is 0 Å². The van der Waals surface area contributed by atoms with E-state index in [2.05, 4.69) is 9.82 Å². The lowest BCUT2D eigenvalue weighted by Gasteiger charge is -2.06. The fourth-order valence-electron chi connectivity index (χ4n) is 2.48. The lowest BCUT2D eigenvalue weighted by Crippen LogP contribution is -2.31. The lowest BCUT2D eigenvalue weighted by molar-refractivity contribution is 0.549. The third-order valence-corrected chi connectivity index (χ3v) is 5.25. The molecule has 0 saturated carbocycles. The predicted octanol–water partition coefficient (Wildman–Crippen LogP) is 1.37. The van der Waals surface area contributed by atoms with Crippen molar-refractivity contribution in [2.45, 2.75) is 11.4 Å². The summed E-state index contributed by atoms with van der Waals surface area (Å²) in [6.07, 6.45) is 0. The molecule has 3 rings (SSSR count). The standard InChI is InChI=1S/C17H17FN4O3S/c1-21-16(13-6-3-2-4-7-13)20-22(17(21)23)11-10-19-26(24,25)15-9-5-8-14(18)12-15/h2-9,12,19H,10-11H2,1H3. The van der Waals surface area contributed by atoms with Crippen LogP contribution in [0.5, 0.6) is 0 Å².